The highest BCUT2D eigenvalue weighted by molar-refractivity contribution is 5.86. The van der Waals surface area contributed by atoms with E-state index in [1.807, 2.05) is 6.07 Å². The van der Waals surface area contributed by atoms with E-state index < -0.39 is 0 Å². The smallest absolute Gasteiger partial charge is 0.305 e. The highest BCUT2D eigenvalue weighted by Gasteiger charge is 2.26. The van der Waals surface area contributed by atoms with Gasteiger partial charge >= 0.3 is 5.97 Å². The predicted octanol–water partition coefficient (Wildman–Crippen LogP) is 1.82. The Bertz CT molecular complexity index is 657. The molecule has 0 N–H and O–H groups in total. The zero-order valence-electron chi connectivity index (χ0n) is 15.2. The van der Waals surface area contributed by atoms with Gasteiger partial charge in [0.2, 0.25) is 11.8 Å². The van der Waals surface area contributed by atoms with Crippen LogP contribution in [0.3, 0.4) is 0 Å². The molecule has 136 valence electrons. The summed E-state index contributed by atoms with van der Waals surface area (Å²) in [6.45, 7) is 5.88. The third kappa shape index (κ3) is 5.31. The monoisotopic (exact) mass is 346 g/mol. The summed E-state index contributed by atoms with van der Waals surface area (Å²) in [5.74, 6) is -0.434. The van der Waals surface area contributed by atoms with Crippen LogP contribution in [0, 0.1) is 13.8 Å². The molecular formula is C19H26N2O4. The largest absolute Gasteiger partial charge is 0.469 e. The highest BCUT2D eigenvalue weighted by Crippen LogP contribution is 2.15. The molecular weight excluding hydrogens is 320 g/mol. The van der Waals surface area contributed by atoms with Crippen LogP contribution in [0.5, 0.6) is 0 Å². The highest BCUT2D eigenvalue weighted by atomic mass is 16.5. The molecule has 25 heavy (non-hydrogen) atoms. The van der Waals surface area contributed by atoms with Crippen LogP contribution in [-0.4, -0.2) is 54.3 Å². The SMILES string of the molecule is COC(=O)CCCC(=O)N1CCN(Cc2ccc(C)c(C)c2)C(=O)C1. The Balaban J connectivity index is 1.83. The molecule has 0 aliphatic carbocycles. The lowest BCUT2D eigenvalue weighted by atomic mass is 10.1. The first-order valence-electron chi connectivity index (χ1n) is 8.59. The molecule has 1 aliphatic rings. The topological polar surface area (TPSA) is 66.9 Å². The number of methoxy groups -OCH3 is 1. The van der Waals surface area contributed by atoms with Crippen molar-refractivity contribution in [3.8, 4) is 0 Å². The fourth-order valence-corrected chi connectivity index (χ4v) is 2.85. The molecule has 0 aromatic heterocycles. The summed E-state index contributed by atoms with van der Waals surface area (Å²) in [7, 11) is 1.33. The van der Waals surface area contributed by atoms with Crippen molar-refractivity contribution in [1.82, 2.24) is 9.80 Å². The molecule has 1 fully saturated rings. The van der Waals surface area contributed by atoms with E-state index >= 15 is 0 Å². The fourth-order valence-electron chi connectivity index (χ4n) is 2.85. The van der Waals surface area contributed by atoms with Crippen molar-refractivity contribution < 1.29 is 19.1 Å². The molecule has 0 atom stereocenters. The zero-order valence-corrected chi connectivity index (χ0v) is 15.2. The maximum atomic E-state index is 12.4. The second kappa shape index (κ2) is 8.65. The number of carbonyl (C=O) groups is 3. The second-order valence-electron chi connectivity index (χ2n) is 6.48. The molecule has 6 nitrogen and oxygen atoms in total. The minimum atomic E-state index is -0.318. The van der Waals surface area contributed by atoms with E-state index in [1.165, 1.54) is 18.2 Å². The van der Waals surface area contributed by atoms with Gasteiger partial charge in [-0.3, -0.25) is 14.4 Å². The molecule has 0 unspecified atom stereocenters. The summed E-state index contributed by atoms with van der Waals surface area (Å²) in [6.07, 6.45) is 0.936. The lowest BCUT2D eigenvalue weighted by molar-refractivity contribution is -0.146. The molecule has 0 spiro atoms. The van der Waals surface area contributed by atoms with Crippen LogP contribution >= 0.6 is 0 Å². The number of amides is 2. The van der Waals surface area contributed by atoms with Crippen molar-refractivity contribution in [3.05, 3.63) is 34.9 Å². The van der Waals surface area contributed by atoms with E-state index in [-0.39, 0.29) is 37.2 Å². The first kappa shape index (κ1) is 19.0. The number of aryl methyl sites for hydroxylation is 2. The molecule has 6 heteroatoms. The lowest BCUT2D eigenvalue weighted by Crippen LogP contribution is -2.51. The van der Waals surface area contributed by atoms with Gasteiger partial charge in [0, 0.05) is 32.5 Å². The van der Waals surface area contributed by atoms with Crippen molar-refractivity contribution in [1.29, 1.82) is 0 Å². The Morgan fingerprint density at radius 2 is 1.88 bits per heavy atom. The van der Waals surface area contributed by atoms with Gasteiger partial charge in [0.1, 0.15) is 0 Å². The van der Waals surface area contributed by atoms with Gasteiger partial charge in [-0.25, -0.2) is 0 Å². The number of piperazine rings is 1. The quantitative estimate of drug-likeness (QED) is 0.737. The predicted molar refractivity (Wildman–Crippen MR) is 93.8 cm³/mol. The zero-order chi connectivity index (χ0) is 18.4. The normalized spacial score (nSPS) is 14.6. The molecule has 0 saturated carbocycles. The van der Waals surface area contributed by atoms with Crippen LogP contribution in [0.25, 0.3) is 0 Å². The second-order valence-corrected chi connectivity index (χ2v) is 6.48. The molecule has 2 amide bonds. The minimum absolute atomic E-state index is 0.0363. The first-order chi connectivity index (χ1) is 11.9. The molecule has 1 heterocycles. The summed E-state index contributed by atoms with van der Waals surface area (Å²) in [5.41, 5.74) is 3.55. The van der Waals surface area contributed by atoms with E-state index in [0.717, 1.165) is 5.56 Å². The van der Waals surface area contributed by atoms with Gasteiger partial charge in [-0.2, -0.15) is 0 Å². The minimum Gasteiger partial charge on any atom is -0.469 e. The Labute approximate surface area is 148 Å². The number of benzene rings is 1. The first-order valence-corrected chi connectivity index (χ1v) is 8.59. The number of hydrogen-bond acceptors (Lipinski definition) is 4. The van der Waals surface area contributed by atoms with E-state index in [0.29, 0.717) is 26.1 Å². The number of carbonyl (C=O) groups excluding carboxylic acids is 3. The number of hydrogen-bond donors (Lipinski definition) is 0. The fraction of sp³-hybridized carbons (Fsp3) is 0.526. The average molecular weight is 346 g/mol. The van der Waals surface area contributed by atoms with Gasteiger partial charge in [-0.15, -0.1) is 0 Å². The summed E-state index contributed by atoms with van der Waals surface area (Å²) in [4.78, 5) is 39.0. The standard InChI is InChI=1S/C19H26N2O4/c1-14-7-8-16(11-15(14)2)12-20-9-10-21(13-18(20)23)17(22)5-4-6-19(24)25-3/h7-8,11H,4-6,9-10,12-13H2,1-3H3. The third-order valence-corrected chi connectivity index (χ3v) is 4.62. The summed E-state index contributed by atoms with van der Waals surface area (Å²) < 4.78 is 4.56. The van der Waals surface area contributed by atoms with Crippen LogP contribution < -0.4 is 0 Å². The van der Waals surface area contributed by atoms with Crippen LogP contribution in [0.4, 0.5) is 0 Å². The lowest BCUT2D eigenvalue weighted by Gasteiger charge is -2.34. The molecule has 2 rings (SSSR count). The van der Waals surface area contributed by atoms with Gasteiger partial charge in [0.05, 0.1) is 13.7 Å². The van der Waals surface area contributed by atoms with Crippen LogP contribution in [0.2, 0.25) is 0 Å². The van der Waals surface area contributed by atoms with E-state index in [4.69, 9.17) is 0 Å². The van der Waals surface area contributed by atoms with Gasteiger partial charge in [0.15, 0.2) is 0 Å². The van der Waals surface area contributed by atoms with Crippen LogP contribution in [0.15, 0.2) is 18.2 Å². The molecule has 1 saturated heterocycles. The van der Waals surface area contributed by atoms with Crippen molar-refractivity contribution in [2.24, 2.45) is 0 Å². The molecule has 1 aromatic rings. The maximum Gasteiger partial charge on any atom is 0.305 e. The Morgan fingerprint density at radius 1 is 1.12 bits per heavy atom. The van der Waals surface area contributed by atoms with Gasteiger partial charge in [-0.05, 0) is 37.0 Å². The summed E-state index contributed by atoms with van der Waals surface area (Å²) >= 11 is 0. The molecule has 1 aliphatic heterocycles. The Hall–Kier alpha value is -2.37. The van der Waals surface area contributed by atoms with Gasteiger partial charge < -0.3 is 14.5 Å². The van der Waals surface area contributed by atoms with E-state index in [9.17, 15) is 14.4 Å². The molecule has 1 aromatic carbocycles. The van der Waals surface area contributed by atoms with E-state index in [1.54, 1.807) is 9.80 Å². The summed E-state index contributed by atoms with van der Waals surface area (Å²) in [5, 5.41) is 0. The van der Waals surface area contributed by atoms with Gasteiger partial charge in [-0.1, -0.05) is 18.2 Å². The number of rotatable bonds is 6. The average Bonchev–Trinajstić information content (AvgIpc) is 2.59. The molecule has 0 bridgehead atoms. The third-order valence-electron chi connectivity index (χ3n) is 4.62. The Kier molecular flexibility index (Phi) is 6.56. The van der Waals surface area contributed by atoms with E-state index in [2.05, 4.69) is 30.7 Å². The maximum absolute atomic E-state index is 12.4. The Morgan fingerprint density at radius 3 is 2.52 bits per heavy atom. The van der Waals surface area contributed by atoms with Crippen molar-refractivity contribution in [3.63, 3.8) is 0 Å². The number of nitrogens with zero attached hydrogens (tertiary/aromatic N) is 2. The van der Waals surface area contributed by atoms with Crippen molar-refractivity contribution in [2.75, 3.05) is 26.7 Å². The summed E-state index contributed by atoms with van der Waals surface area (Å²) in [6, 6.07) is 6.21. The van der Waals surface area contributed by atoms with Crippen LogP contribution in [0.1, 0.15) is 36.0 Å². The van der Waals surface area contributed by atoms with Gasteiger partial charge in [0.25, 0.3) is 0 Å². The molecule has 0 radical (unpaired) electrons. The van der Waals surface area contributed by atoms with Crippen LogP contribution in [-0.2, 0) is 25.7 Å². The number of esters is 1. The number of ether oxygens (including phenoxy) is 1. The van der Waals surface area contributed by atoms with Crippen molar-refractivity contribution >= 4 is 17.8 Å². The van der Waals surface area contributed by atoms with Crippen molar-refractivity contribution in [2.45, 2.75) is 39.7 Å².